The van der Waals surface area contributed by atoms with Gasteiger partial charge in [0.15, 0.2) is 0 Å². The molecule has 0 aliphatic carbocycles. The molecule has 0 unspecified atom stereocenters. The van der Waals surface area contributed by atoms with Gasteiger partial charge in [-0.2, -0.15) is 0 Å². The summed E-state index contributed by atoms with van der Waals surface area (Å²) in [6.45, 7) is 5.62. The highest BCUT2D eigenvalue weighted by Crippen LogP contribution is 2.39. The lowest BCUT2D eigenvalue weighted by Gasteiger charge is -2.38. The number of aryl methyl sites for hydroxylation is 1. The van der Waals surface area contributed by atoms with Crippen LogP contribution >= 0.6 is 0 Å². The second-order valence-corrected chi connectivity index (χ2v) is 7.10. The van der Waals surface area contributed by atoms with Crippen molar-refractivity contribution in [1.29, 1.82) is 0 Å². The molecule has 1 aromatic rings. The number of piperidine rings is 1. The van der Waals surface area contributed by atoms with Crippen LogP contribution in [0.15, 0.2) is 24.3 Å². The van der Waals surface area contributed by atoms with Crippen LogP contribution in [-0.2, 0) is 9.59 Å². The van der Waals surface area contributed by atoms with E-state index >= 15 is 0 Å². The molecule has 2 saturated heterocycles. The summed E-state index contributed by atoms with van der Waals surface area (Å²) in [5.74, 6) is -0.944. The highest BCUT2D eigenvalue weighted by molar-refractivity contribution is 6.39. The first-order valence-electron chi connectivity index (χ1n) is 8.33. The number of carbonyl (C=O) groups excluding carboxylic acids is 2. The quantitative estimate of drug-likeness (QED) is 0.805. The maximum Gasteiger partial charge on any atom is 0.313 e. The largest absolute Gasteiger partial charge is 0.334 e. The molecule has 5 heteroatoms. The van der Waals surface area contributed by atoms with Crippen molar-refractivity contribution in [3.8, 4) is 0 Å². The molecule has 2 heterocycles. The Kier molecular flexibility index (Phi) is 4.39. The number of anilines is 1. The average Bonchev–Trinajstić information content (AvgIpc) is 2.90. The fourth-order valence-corrected chi connectivity index (χ4v) is 3.72. The maximum absolute atomic E-state index is 12.3. The van der Waals surface area contributed by atoms with Crippen molar-refractivity contribution < 1.29 is 9.59 Å². The van der Waals surface area contributed by atoms with Gasteiger partial charge in [-0.1, -0.05) is 17.7 Å². The van der Waals surface area contributed by atoms with Crippen molar-refractivity contribution in [3.63, 3.8) is 0 Å². The van der Waals surface area contributed by atoms with Crippen LogP contribution in [0.4, 0.5) is 5.69 Å². The lowest BCUT2D eigenvalue weighted by Crippen LogP contribution is -2.47. The lowest BCUT2D eigenvalue weighted by atomic mass is 9.78. The average molecular weight is 315 g/mol. The van der Waals surface area contributed by atoms with Crippen molar-refractivity contribution in [2.24, 2.45) is 5.41 Å². The first-order valence-corrected chi connectivity index (χ1v) is 8.33. The van der Waals surface area contributed by atoms with Gasteiger partial charge in [-0.05, 0) is 57.3 Å². The molecule has 0 aromatic heterocycles. The molecule has 3 rings (SSSR count). The van der Waals surface area contributed by atoms with Crippen LogP contribution in [0.2, 0.25) is 0 Å². The lowest BCUT2D eigenvalue weighted by molar-refractivity contribution is -0.144. The van der Waals surface area contributed by atoms with E-state index in [9.17, 15) is 9.59 Å². The van der Waals surface area contributed by atoms with Gasteiger partial charge in [0.25, 0.3) is 0 Å². The molecular formula is C18H25N3O2. The second kappa shape index (κ2) is 6.32. The Morgan fingerprint density at radius 2 is 1.65 bits per heavy atom. The summed E-state index contributed by atoms with van der Waals surface area (Å²) in [5, 5.41) is 2.70. The molecule has 1 N–H and O–H groups in total. The number of hydrogen-bond acceptors (Lipinski definition) is 3. The van der Waals surface area contributed by atoms with Gasteiger partial charge in [-0.15, -0.1) is 0 Å². The third kappa shape index (κ3) is 3.55. The van der Waals surface area contributed by atoms with Gasteiger partial charge in [-0.3, -0.25) is 9.59 Å². The predicted octanol–water partition coefficient (Wildman–Crippen LogP) is 1.88. The molecule has 2 aliphatic heterocycles. The fraction of sp³-hybridized carbons (Fsp3) is 0.556. The molecule has 5 nitrogen and oxygen atoms in total. The van der Waals surface area contributed by atoms with Gasteiger partial charge in [0.2, 0.25) is 0 Å². The van der Waals surface area contributed by atoms with Crippen LogP contribution < -0.4 is 5.32 Å². The number of rotatable bonds is 1. The van der Waals surface area contributed by atoms with E-state index in [0.717, 1.165) is 31.5 Å². The summed E-state index contributed by atoms with van der Waals surface area (Å²) in [6, 6.07) is 7.48. The number of amides is 2. The molecule has 0 saturated carbocycles. The van der Waals surface area contributed by atoms with Crippen molar-refractivity contribution in [1.82, 2.24) is 9.80 Å². The van der Waals surface area contributed by atoms with Crippen LogP contribution in [0.5, 0.6) is 0 Å². The molecule has 23 heavy (non-hydrogen) atoms. The summed E-state index contributed by atoms with van der Waals surface area (Å²) < 4.78 is 0. The molecule has 2 fully saturated rings. The van der Waals surface area contributed by atoms with E-state index in [-0.39, 0.29) is 0 Å². The van der Waals surface area contributed by atoms with Gasteiger partial charge in [-0.25, -0.2) is 0 Å². The Morgan fingerprint density at radius 1 is 1.04 bits per heavy atom. The minimum atomic E-state index is -0.534. The minimum Gasteiger partial charge on any atom is -0.334 e. The second-order valence-electron chi connectivity index (χ2n) is 7.10. The summed E-state index contributed by atoms with van der Waals surface area (Å²) >= 11 is 0. The number of nitrogens with one attached hydrogen (secondary N) is 1. The first-order chi connectivity index (χ1) is 11.0. The summed E-state index contributed by atoms with van der Waals surface area (Å²) in [7, 11) is 2.15. The maximum atomic E-state index is 12.3. The smallest absolute Gasteiger partial charge is 0.313 e. The molecule has 2 aliphatic rings. The molecule has 2 amide bonds. The van der Waals surface area contributed by atoms with E-state index in [1.807, 2.05) is 31.2 Å². The van der Waals surface area contributed by atoms with Crippen LogP contribution in [-0.4, -0.2) is 54.8 Å². The fourth-order valence-electron chi connectivity index (χ4n) is 3.72. The van der Waals surface area contributed by atoms with Gasteiger partial charge in [0.1, 0.15) is 0 Å². The van der Waals surface area contributed by atoms with Gasteiger partial charge in [0, 0.05) is 25.3 Å². The molecular weight excluding hydrogens is 290 g/mol. The number of hydrogen-bond donors (Lipinski definition) is 1. The Hall–Kier alpha value is -1.88. The molecule has 124 valence electrons. The standard InChI is InChI=1S/C18H25N3O2/c1-14-3-5-15(6-4-14)19-16(22)17(23)21-11-8-18(9-12-21)7-10-20(2)13-18/h3-6H,7-13H2,1-2H3,(H,19,22). The van der Waals surface area contributed by atoms with Gasteiger partial charge < -0.3 is 15.1 Å². The van der Waals surface area contributed by atoms with E-state index in [1.165, 1.54) is 6.42 Å². The Labute approximate surface area is 137 Å². The van der Waals surface area contributed by atoms with E-state index in [0.29, 0.717) is 24.2 Å². The van der Waals surface area contributed by atoms with Crippen molar-refractivity contribution in [3.05, 3.63) is 29.8 Å². The normalized spacial score (nSPS) is 20.7. The third-order valence-electron chi connectivity index (χ3n) is 5.24. The van der Waals surface area contributed by atoms with Crippen LogP contribution in [0.3, 0.4) is 0 Å². The SMILES string of the molecule is Cc1ccc(NC(=O)C(=O)N2CCC3(CCN(C)C3)CC2)cc1. The van der Waals surface area contributed by atoms with Crippen molar-refractivity contribution in [2.45, 2.75) is 26.2 Å². The third-order valence-corrected chi connectivity index (χ3v) is 5.24. The molecule has 0 bridgehead atoms. The zero-order valence-corrected chi connectivity index (χ0v) is 14.0. The molecule has 0 radical (unpaired) electrons. The zero-order chi connectivity index (χ0) is 16.4. The molecule has 0 atom stereocenters. The highest BCUT2D eigenvalue weighted by atomic mass is 16.2. The first kappa shape index (κ1) is 16.0. The van der Waals surface area contributed by atoms with E-state index < -0.39 is 11.8 Å². The highest BCUT2D eigenvalue weighted by Gasteiger charge is 2.40. The van der Waals surface area contributed by atoms with Crippen LogP contribution in [0, 0.1) is 12.3 Å². The summed E-state index contributed by atoms with van der Waals surface area (Å²) in [5.41, 5.74) is 2.15. The van der Waals surface area contributed by atoms with Crippen molar-refractivity contribution >= 4 is 17.5 Å². The Morgan fingerprint density at radius 3 is 2.22 bits per heavy atom. The van der Waals surface area contributed by atoms with E-state index in [1.54, 1.807) is 4.90 Å². The number of benzene rings is 1. The number of nitrogens with zero attached hydrogens (tertiary/aromatic N) is 2. The van der Waals surface area contributed by atoms with Gasteiger partial charge in [0.05, 0.1) is 0 Å². The zero-order valence-electron chi connectivity index (χ0n) is 14.0. The minimum absolute atomic E-state index is 0.360. The number of carbonyl (C=O) groups is 2. The Balaban J connectivity index is 1.54. The van der Waals surface area contributed by atoms with Crippen LogP contribution in [0.1, 0.15) is 24.8 Å². The van der Waals surface area contributed by atoms with Crippen molar-refractivity contribution in [2.75, 3.05) is 38.5 Å². The molecule has 1 aromatic carbocycles. The molecule has 1 spiro atoms. The van der Waals surface area contributed by atoms with Crippen LogP contribution in [0.25, 0.3) is 0 Å². The predicted molar refractivity (Wildman–Crippen MR) is 90.2 cm³/mol. The number of likely N-dealkylation sites (tertiary alicyclic amines) is 2. The van der Waals surface area contributed by atoms with Gasteiger partial charge >= 0.3 is 11.8 Å². The monoisotopic (exact) mass is 315 g/mol. The summed E-state index contributed by atoms with van der Waals surface area (Å²) in [6.07, 6.45) is 3.21. The Bertz CT molecular complexity index is 589. The summed E-state index contributed by atoms with van der Waals surface area (Å²) in [4.78, 5) is 28.6. The van der Waals surface area contributed by atoms with E-state index in [2.05, 4.69) is 17.3 Å². The van der Waals surface area contributed by atoms with E-state index in [4.69, 9.17) is 0 Å². The topological polar surface area (TPSA) is 52.7 Å².